The molecule has 1 N–H and O–H groups in total. The summed E-state index contributed by atoms with van der Waals surface area (Å²) >= 11 is 0. The van der Waals surface area contributed by atoms with Gasteiger partial charge in [-0.25, -0.2) is 9.37 Å². The second kappa shape index (κ2) is 6.17. The van der Waals surface area contributed by atoms with Crippen LogP contribution in [0.5, 0.6) is 0 Å². The fraction of sp³-hybridized carbons (Fsp3) is 0.214. The van der Waals surface area contributed by atoms with Gasteiger partial charge >= 0.3 is 0 Å². The van der Waals surface area contributed by atoms with E-state index in [4.69, 9.17) is 0 Å². The van der Waals surface area contributed by atoms with Gasteiger partial charge < -0.3 is 10.2 Å². The Labute approximate surface area is 121 Å². The van der Waals surface area contributed by atoms with Crippen molar-refractivity contribution in [2.45, 2.75) is 6.92 Å². The first kappa shape index (κ1) is 14.7. The lowest BCUT2D eigenvalue weighted by Crippen LogP contribution is -2.13. The van der Waals surface area contributed by atoms with Crippen molar-refractivity contribution in [2.24, 2.45) is 0 Å². The summed E-state index contributed by atoms with van der Waals surface area (Å²) in [6.45, 7) is 2.47. The average Bonchev–Trinajstić information content (AvgIpc) is 2.46. The molecule has 0 bridgehead atoms. The molecule has 1 aromatic heterocycles. The number of aromatic nitrogens is 1. The van der Waals surface area contributed by atoms with Crippen LogP contribution in [-0.2, 0) is 0 Å². The summed E-state index contributed by atoms with van der Waals surface area (Å²) < 4.78 is 13.3. The van der Waals surface area contributed by atoms with Crippen LogP contribution < -0.4 is 10.2 Å². The van der Waals surface area contributed by atoms with Crippen molar-refractivity contribution in [3.63, 3.8) is 0 Å². The summed E-state index contributed by atoms with van der Waals surface area (Å²) in [5.74, 6) is 0.396. The van der Waals surface area contributed by atoms with Crippen LogP contribution in [0.25, 0.3) is 0 Å². The van der Waals surface area contributed by atoms with Crippen molar-refractivity contribution in [3.05, 3.63) is 52.3 Å². The van der Waals surface area contributed by atoms with E-state index in [9.17, 15) is 14.5 Å². The molecule has 0 saturated heterocycles. The predicted octanol–water partition coefficient (Wildman–Crippen LogP) is 3.33. The summed E-state index contributed by atoms with van der Waals surface area (Å²) in [7, 11) is 1.68. The van der Waals surface area contributed by atoms with Crippen LogP contribution in [0.4, 0.5) is 27.4 Å². The number of halogens is 1. The number of hydrogen-bond donors (Lipinski definition) is 1. The summed E-state index contributed by atoms with van der Waals surface area (Å²) in [5.41, 5.74) is 0.490. The van der Waals surface area contributed by atoms with E-state index >= 15 is 0 Å². The number of pyridine rings is 1. The Kier molecular flexibility index (Phi) is 4.32. The molecular formula is C14H15FN4O2. The van der Waals surface area contributed by atoms with E-state index in [-0.39, 0.29) is 11.5 Å². The largest absolute Gasteiger partial charge is 0.370 e. The molecule has 0 atom stereocenters. The molecule has 0 spiro atoms. The monoisotopic (exact) mass is 290 g/mol. The highest BCUT2D eigenvalue weighted by atomic mass is 19.1. The van der Waals surface area contributed by atoms with Crippen LogP contribution >= 0.6 is 0 Å². The first-order valence-corrected chi connectivity index (χ1v) is 6.41. The van der Waals surface area contributed by atoms with E-state index < -0.39 is 4.92 Å². The molecule has 2 aromatic rings. The first-order chi connectivity index (χ1) is 10.0. The maximum absolute atomic E-state index is 13.3. The average molecular weight is 290 g/mol. The number of rotatable bonds is 5. The molecule has 0 radical (unpaired) electrons. The number of hydrogen-bond acceptors (Lipinski definition) is 5. The molecule has 1 aromatic carbocycles. The van der Waals surface area contributed by atoms with Crippen molar-refractivity contribution in [3.8, 4) is 0 Å². The smallest absolute Gasteiger partial charge is 0.276 e. The number of anilines is 3. The summed E-state index contributed by atoms with van der Waals surface area (Å²) in [6, 6.07) is 8.67. The Bertz CT molecular complexity index is 663. The molecule has 0 fully saturated rings. The maximum atomic E-state index is 13.3. The molecule has 0 aliphatic heterocycles. The second-order valence-electron chi connectivity index (χ2n) is 4.40. The molecule has 1 heterocycles. The van der Waals surface area contributed by atoms with Crippen molar-refractivity contribution < 1.29 is 9.31 Å². The molecule has 0 saturated carbocycles. The van der Waals surface area contributed by atoms with Gasteiger partial charge in [0.15, 0.2) is 0 Å². The third-order valence-electron chi connectivity index (χ3n) is 2.90. The Hall–Kier alpha value is -2.70. The molecule has 0 unspecified atom stereocenters. The third-order valence-corrected chi connectivity index (χ3v) is 2.90. The molecule has 0 aliphatic carbocycles. The quantitative estimate of drug-likeness (QED) is 0.675. The van der Waals surface area contributed by atoms with Gasteiger partial charge in [-0.2, -0.15) is 0 Å². The van der Waals surface area contributed by atoms with Crippen molar-refractivity contribution in [1.29, 1.82) is 0 Å². The molecule has 2 rings (SSSR count). The minimum absolute atomic E-state index is 0.0702. The fourth-order valence-electron chi connectivity index (χ4n) is 1.87. The van der Waals surface area contributed by atoms with Gasteiger partial charge in [0.2, 0.25) is 0 Å². The Morgan fingerprint density at radius 3 is 2.76 bits per heavy atom. The molecule has 7 heteroatoms. The van der Waals surface area contributed by atoms with E-state index in [2.05, 4.69) is 10.3 Å². The minimum Gasteiger partial charge on any atom is -0.370 e. The van der Waals surface area contributed by atoms with Gasteiger partial charge in [-0.05, 0) is 25.1 Å². The molecule has 0 amide bonds. The Morgan fingerprint density at radius 2 is 2.14 bits per heavy atom. The van der Waals surface area contributed by atoms with E-state index in [1.807, 2.05) is 6.92 Å². The van der Waals surface area contributed by atoms with E-state index in [0.29, 0.717) is 23.9 Å². The van der Waals surface area contributed by atoms with Crippen molar-refractivity contribution in [2.75, 3.05) is 23.8 Å². The van der Waals surface area contributed by atoms with Gasteiger partial charge in [0.1, 0.15) is 17.5 Å². The fourth-order valence-corrected chi connectivity index (χ4v) is 1.87. The highest BCUT2D eigenvalue weighted by molar-refractivity contribution is 5.64. The molecule has 21 heavy (non-hydrogen) atoms. The summed E-state index contributed by atoms with van der Waals surface area (Å²) in [5, 5.41) is 13.9. The van der Waals surface area contributed by atoms with Gasteiger partial charge in [-0.15, -0.1) is 0 Å². The van der Waals surface area contributed by atoms with E-state index in [1.54, 1.807) is 24.1 Å². The van der Waals surface area contributed by atoms with Crippen LogP contribution in [0.1, 0.15) is 6.92 Å². The summed E-state index contributed by atoms with van der Waals surface area (Å²) in [6.07, 6.45) is 0. The van der Waals surface area contributed by atoms with Gasteiger partial charge in [-0.1, -0.05) is 6.07 Å². The molecule has 0 aliphatic rings. The van der Waals surface area contributed by atoms with Crippen LogP contribution in [0.2, 0.25) is 0 Å². The lowest BCUT2D eigenvalue weighted by atomic mass is 10.2. The SMILES string of the molecule is CCNc1cc([N+](=O)[O-])cc(N(C)c2cccc(F)c2)n1. The predicted molar refractivity (Wildman–Crippen MR) is 79.5 cm³/mol. The molecule has 110 valence electrons. The van der Waals surface area contributed by atoms with E-state index in [1.165, 1.54) is 24.3 Å². The van der Waals surface area contributed by atoms with Gasteiger partial charge in [0, 0.05) is 19.3 Å². The number of nitrogens with zero attached hydrogens (tertiary/aromatic N) is 3. The van der Waals surface area contributed by atoms with Gasteiger partial charge in [-0.3, -0.25) is 10.1 Å². The number of nitro groups is 1. The second-order valence-corrected chi connectivity index (χ2v) is 4.40. The van der Waals surface area contributed by atoms with Gasteiger partial charge in [0.05, 0.1) is 17.1 Å². The third kappa shape index (κ3) is 3.44. The summed E-state index contributed by atoms with van der Waals surface area (Å²) in [4.78, 5) is 16.4. The van der Waals surface area contributed by atoms with Crippen molar-refractivity contribution >= 4 is 23.0 Å². The number of benzene rings is 1. The highest BCUT2D eigenvalue weighted by Gasteiger charge is 2.15. The highest BCUT2D eigenvalue weighted by Crippen LogP contribution is 2.27. The topological polar surface area (TPSA) is 71.3 Å². The lowest BCUT2D eigenvalue weighted by molar-refractivity contribution is -0.384. The van der Waals surface area contributed by atoms with Crippen LogP contribution in [0, 0.1) is 15.9 Å². The Balaban J connectivity index is 2.44. The minimum atomic E-state index is -0.481. The van der Waals surface area contributed by atoms with Crippen molar-refractivity contribution in [1.82, 2.24) is 4.98 Å². The lowest BCUT2D eigenvalue weighted by Gasteiger charge is -2.19. The Morgan fingerprint density at radius 1 is 1.38 bits per heavy atom. The molecule has 6 nitrogen and oxygen atoms in total. The molecular weight excluding hydrogens is 275 g/mol. The van der Waals surface area contributed by atoms with E-state index in [0.717, 1.165) is 0 Å². The standard InChI is InChI=1S/C14H15FN4O2/c1-3-16-13-8-12(19(20)21)9-14(17-13)18(2)11-6-4-5-10(15)7-11/h4-9H,3H2,1-2H3,(H,16,17). The maximum Gasteiger partial charge on any atom is 0.276 e. The van der Waals surface area contributed by atoms with Crippen LogP contribution in [0.3, 0.4) is 0 Å². The first-order valence-electron chi connectivity index (χ1n) is 6.41. The van der Waals surface area contributed by atoms with Gasteiger partial charge in [0.25, 0.3) is 5.69 Å². The van der Waals surface area contributed by atoms with Crippen LogP contribution in [0.15, 0.2) is 36.4 Å². The zero-order valence-electron chi connectivity index (χ0n) is 11.7. The normalized spacial score (nSPS) is 10.2. The van der Waals surface area contributed by atoms with Crippen LogP contribution in [-0.4, -0.2) is 23.5 Å². The zero-order valence-corrected chi connectivity index (χ0v) is 11.7. The zero-order chi connectivity index (χ0) is 15.4. The number of nitrogens with one attached hydrogen (secondary N) is 1.